The highest BCUT2D eigenvalue weighted by atomic mass is 16.2. The van der Waals surface area contributed by atoms with Crippen molar-refractivity contribution in [2.75, 3.05) is 19.6 Å². The molecule has 2 aliphatic heterocycles. The standard InChI is InChI=1S/C23H28N4O2/c1-17-6-4-7-18(14-17)16-26-13-11-25-23(29)21(26)15-22(28)27-12-5-9-20(27)19-8-2-3-10-24-19/h2-4,6-8,10,14,20-21H,5,9,11-13,15-16H2,1H3,(H,25,29)/t20-,21+/m1/s1. The van der Waals surface area contributed by atoms with Crippen LogP contribution in [-0.4, -0.2) is 52.3 Å². The fraction of sp³-hybridized carbons (Fsp3) is 0.435. The normalized spacial score (nSPS) is 22.5. The van der Waals surface area contributed by atoms with Crippen molar-refractivity contribution in [3.63, 3.8) is 0 Å². The van der Waals surface area contributed by atoms with Gasteiger partial charge in [-0.1, -0.05) is 35.9 Å². The van der Waals surface area contributed by atoms with Crippen LogP contribution in [0.25, 0.3) is 0 Å². The second-order valence-electron chi connectivity index (χ2n) is 7.97. The lowest BCUT2D eigenvalue weighted by atomic mass is 10.0. The quantitative estimate of drug-likeness (QED) is 0.849. The van der Waals surface area contributed by atoms with Gasteiger partial charge in [-0.25, -0.2) is 0 Å². The Kier molecular flexibility index (Phi) is 5.90. The number of piperazine rings is 1. The average Bonchev–Trinajstić information content (AvgIpc) is 3.21. The summed E-state index contributed by atoms with van der Waals surface area (Å²) >= 11 is 0. The van der Waals surface area contributed by atoms with Gasteiger partial charge in [0.25, 0.3) is 0 Å². The molecule has 0 unspecified atom stereocenters. The van der Waals surface area contributed by atoms with E-state index in [-0.39, 0.29) is 24.3 Å². The molecule has 1 aromatic carbocycles. The lowest BCUT2D eigenvalue weighted by molar-refractivity contribution is -0.139. The van der Waals surface area contributed by atoms with E-state index in [2.05, 4.69) is 40.3 Å². The molecule has 2 aromatic rings. The van der Waals surface area contributed by atoms with Crippen molar-refractivity contribution in [1.29, 1.82) is 0 Å². The molecule has 2 atom stereocenters. The number of benzene rings is 1. The van der Waals surface area contributed by atoms with Crippen LogP contribution in [0.1, 0.15) is 42.1 Å². The van der Waals surface area contributed by atoms with Crippen molar-refractivity contribution in [2.24, 2.45) is 0 Å². The zero-order valence-corrected chi connectivity index (χ0v) is 16.9. The van der Waals surface area contributed by atoms with Gasteiger partial charge in [-0.2, -0.15) is 0 Å². The molecule has 0 spiro atoms. The Hall–Kier alpha value is -2.73. The number of aromatic nitrogens is 1. The van der Waals surface area contributed by atoms with Gasteiger partial charge in [0.05, 0.1) is 24.2 Å². The Bertz CT molecular complexity index is 870. The smallest absolute Gasteiger partial charge is 0.237 e. The Morgan fingerprint density at radius 2 is 2.10 bits per heavy atom. The molecule has 0 saturated carbocycles. The molecule has 2 saturated heterocycles. The number of likely N-dealkylation sites (tertiary alicyclic amines) is 1. The van der Waals surface area contributed by atoms with Crippen molar-refractivity contribution in [3.05, 3.63) is 65.5 Å². The van der Waals surface area contributed by atoms with Gasteiger partial charge < -0.3 is 10.2 Å². The van der Waals surface area contributed by atoms with Gasteiger partial charge in [0.2, 0.25) is 11.8 Å². The zero-order valence-electron chi connectivity index (χ0n) is 16.9. The molecule has 2 aliphatic rings. The third kappa shape index (κ3) is 4.48. The monoisotopic (exact) mass is 392 g/mol. The summed E-state index contributed by atoms with van der Waals surface area (Å²) < 4.78 is 0. The summed E-state index contributed by atoms with van der Waals surface area (Å²) in [5, 5.41) is 2.93. The van der Waals surface area contributed by atoms with Gasteiger partial charge in [0, 0.05) is 32.4 Å². The van der Waals surface area contributed by atoms with Crippen molar-refractivity contribution in [2.45, 2.75) is 44.8 Å². The molecule has 3 heterocycles. The molecule has 0 radical (unpaired) electrons. The third-order valence-corrected chi connectivity index (χ3v) is 5.88. The first-order chi connectivity index (χ1) is 14.1. The van der Waals surface area contributed by atoms with Crippen LogP contribution >= 0.6 is 0 Å². The molecule has 0 aliphatic carbocycles. The maximum absolute atomic E-state index is 13.2. The molecular formula is C23H28N4O2. The second kappa shape index (κ2) is 8.74. The molecule has 2 fully saturated rings. The van der Waals surface area contributed by atoms with Crippen molar-refractivity contribution in [3.8, 4) is 0 Å². The Morgan fingerprint density at radius 1 is 1.21 bits per heavy atom. The van der Waals surface area contributed by atoms with Crippen LogP contribution in [0.4, 0.5) is 0 Å². The van der Waals surface area contributed by atoms with Gasteiger partial charge in [0.1, 0.15) is 0 Å². The summed E-state index contributed by atoms with van der Waals surface area (Å²) in [7, 11) is 0. The number of carbonyl (C=O) groups is 2. The zero-order chi connectivity index (χ0) is 20.2. The average molecular weight is 393 g/mol. The minimum absolute atomic E-state index is 0.0144. The fourth-order valence-corrected chi connectivity index (χ4v) is 4.45. The van der Waals surface area contributed by atoms with Crippen LogP contribution in [0.2, 0.25) is 0 Å². The Labute approximate surface area is 171 Å². The highest BCUT2D eigenvalue weighted by Gasteiger charge is 2.36. The van der Waals surface area contributed by atoms with E-state index >= 15 is 0 Å². The van der Waals surface area contributed by atoms with Gasteiger partial charge in [-0.05, 0) is 37.5 Å². The molecule has 0 bridgehead atoms. The van der Waals surface area contributed by atoms with E-state index < -0.39 is 6.04 Å². The maximum atomic E-state index is 13.2. The van der Waals surface area contributed by atoms with Crippen LogP contribution in [0.15, 0.2) is 48.7 Å². The predicted octanol–water partition coefficient (Wildman–Crippen LogP) is 2.44. The number of carbonyl (C=O) groups excluding carboxylic acids is 2. The first kappa shape index (κ1) is 19.6. The maximum Gasteiger partial charge on any atom is 0.237 e. The van der Waals surface area contributed by atoms with Gasteiger partial charge >= 0.3 is 0 Å². The summed E-state index contributed by atoms with van der Waals surface area (Å²) in [4.78, 5) is 34.3. The first-order valence-electron chi connectivity index (χ1n) is 10.4. The van der Waals surface area contributed by atoms with E-state index in [4.69, 9.17) is 0 Å². The summed E-state index contributed by atoms with van der Waals surface area (Å²) in [6.45, 7) is 4.85. The second-order valence-corrected chi connectivity index (χ2v) is 7.97. The minimum Gasteiger partial charge on any atom is -0.353 e. The molecule has 2 amide bonds. The van der Waals surface area contributed by atoms with E-state index in [9.17, 15) is 9.59 Å². The highest BCUT2D eigenvalue weighted by molar-refractivity contribution is 5.89. The van der Waals surface area contributed by atoms with Crippen LogP contribution < -0.4 is 5.32 Å². The van der Waals surface area contributed by atoms with Crippen LogP contribution in [0, 0.1) is 6.92 Å². The minimum atomic E-state index is -0.429. The van der Waals surface area contributed by atoms with Crippen molar-refractivity contribution >= 4 is 11.8 Å². The van der Waals surface area contributed by atoms with E-state index in [0.717, 1.165) is 31.6 Å². The molecule has 152 valence electrons. The summed E-state index contributed by atoms with van der Waals surface area (Å²) in [5.41, 5.74) is 3.31. The molecule has 4 rings (SSSR count). The predicted molar refractivity (Wildman–Crippen MR) is 111 cm³/mol. The molecule has 6 nitrogen and oxygen atoms in total. The molecule has 29 heavy (non-hydrogen) atoms. The van der Waals surface area contributed by atoms with Gasteiger partial charge in [0.15, 0.2) is 0 Å². The van der Waals surface area contributed by atoms with Crippen LogP contribution in [-0.2, 0) is 16.1 Å². The number of aryl methyl sites for hydroxylation is 1. The molecular weight excluding hydrogens is 364 g/mol. The summed E-state index contributed by atoms with van der Waals surface area (Å²) in [5.74, 6) is -0.0136. The van der Waals surface area contributed by atoms with Crippen LogP contribution in [0.5, 0.6) is 0 Å². The topological polar surface area (TPSA) is 65.5 Å². The van der Waals surface area contributed by atoms with Crippen LogP contribution in [0.3, 0.4) is 0 Å². The molecule has 1 aromatic heterocycles. The molecule has 1 N–H and O–H groups in total. The summed E-state index contributed by atoms with van der Waals surface area (Å²) in [6, 6.07) is 13.7. The fourth-order valence-electron chi connectivity index (χ4n) is 4.45. The third-order valence-electron chi connectivity index (χ3n) is 5.88. The largest absolute Gasteiger partial charge is 0.353 e. The lowest BCUT2D eigenvalue weighted by Crippen LogP contribution is -2.56. The van der Waals surface area contributed by atoms with E-state index in [1.165, 1.54) is 11.1 Å². The van der Waals surface area contributed by atoms with Crippen molar-refractivity contribution < 1.29 is 9.59 Å². The number of hydrogen-bond donors (Lipinski definition) is 1. The Balaban J connectivity index is 1.47. The number of amides is 2. The number of hydrogen-bond acceptors (Lipinski definition) is 4. The van der Waals surface area contributed by atoms with E-state index in [0.29, 0.717) is 13.1 Å². The lowest BCUT2D eigenvalue weighted by Gasteiger charge is -2.36. The van der Waals surface area contributed by atoms with Crippen molar-refractivity contribution in [1.82, 2.24) is 20.1 Å². The number of nitrogens with zero attached hydrogens (tertiary/aromatic N) is 3. The van der Waals surface area contributed by atoms with E-state index in [1.54, 1.807) is 6.20 Å². The Morgan fingerprint density at radius 3 is 2.90 bits per heavy atom. The molecule has 6 heteroatoms. The summed E-state index contributed by atoms with van der Waals surface area (Å²) in [6.07, 6.45) is 3.87. The number of pyridine rings is 1. The number of nitrogens with one attached hydrogen (secondary N) is 1. The van der Waals surface area contributed by atoms with Gasteiger partial charge in [-0.3, -0.25) is 19.5 Å². The van der Waals surface area contributed by atoms with E-state index in [1.807, 2.05) is 29.2 Å². The number of rotatable bonds is 5. The SMILES string of the molecule is Cc1cccc(CN2CCNC(=O)[C@@H]2CC(=O)N2CCC[C@@H]2c2ccccn2)c1. The highest BCUT2D eigenvalue weighted by Crippen LogP contribution is 2.31. The van der Waals surface area contributed by atoms with Gasteiger partial charge in [-0.15, -0.1) is 0 Å². The first-order valence-corrected chi connectivity index (χ1v) is 10.4.